The minimum absolute atomic E-state index is 0.111. The van der Waals surface area contributed by atoms with Gasteiger partial charge in [-0.2, -0.15) is 5.21 Å². The number of aliphatic hydroxyl groups is 1. The van der Waals surface area contributed by atoms with Crippen molar-refractivity contribution in [3.05, 3.63) is 70.3 Å². The summed E-state index contributed by atoms with van der Waals surface area (Å²) in [6.45, 7) is 2.06. The molecule has 5 rings (SSSR count). The molecule has 2 aromatic heterocycles. The Morgan fingerprint density at radius 2 is 2.03 bits per heavy atom. The molecule has 1 atom stereocenters. The third-order valence-corrected chi connectivity index (χ3v) is 6.57. The van der Waals surface area contributed by atoms with Crippen LogP contribution in [0.4, 0.5) is 0 Å². The second kappa shape index (κ2) is 8.84. The predicted octanol–water partition coefficient (Wildman–Crippen LogP) is 4.75. The predicted molar refractivity (Wildman–Crippen MR) is 123 cm³/mol. The van der Waals surface area contributed by atoms with Crippen molar-refractivity contribution in [2.24, 2.45) is 0 Å². The number of fused-ring (bicyclic) bond motifs is 1. The summed E-state index contributed by atoms with van der Waals surface area (Å²) in [6.07, 6.45) is 4.92. The van der Waals surface area contributed by atoms with Gasteiger partial charge in [0.05, 0.1) is 18.3 Å². The zero-order valence-electron chi connectivity index (χ0n) is 17.9. The second-order valence-electron chi connectivity index (χ2n) is 8.15. The van der Waals surface area contributed by atoms with Gasteiger partial charge in [-0.1, -0.05) is 67.4 Å². The van der Waals surface area contributed by atoms with E-state index in [9.17, 15) is 5.11 Å². The number of imidazole rings is 1. The smallest absolute Gasteiger partial charge is 0.205 e. The van der Waals surface area contributed by atoms with E-state index in [0.29, 0.717) is 16.7 Å². The fraction of sp³-hybridized carbons (Fsp3) is 0.333. The van der Waals surface area contributed by atoms with Crippen LogP contribution in [0.15, 0.2) is 42.5 Å². The van der Waals surface area contributed by atoms with Crippen molar-refractivity contribution in [1.29, 1.82) is 0 Å². The molecule has 0 fully saturated rings. The highest BCUT2D eigenvalue weighted by molar-refractivity contribution is 6.30. The van der Waals surface area contributed by atoms with Gasteiger partial charge in [0.1, 0.15) is 5.82 Å². The summed E-state index contributed by atoms with van der Waals surface area (Å²) in [4.78, 5) is 4.59. The van der Waals surface area contributed by atoms with Crippen LogP contribution >= 0.6 is 11.6 Å². The first kappa shape index (κ1) is 20.8. The molecule has 2 heterocycles. The molecular weight excluding hydrogens is 424 g/mol. The first-order valence-electron chi connectivity index (χ1n) is 11.0. The lowest BCUT2D eigenvalue weighted by Gasteiger charge is -2.20. The summed E-state index contributed by atoms with van der Waals surface area (Å²) >= 11 is 6.39. The molecule has 0 aliphatic heterocycles. The molecule has 0 saturated carbocycles. The molecule has 7 nitrogen and oxygen atoms in total. The number of tetrazole rings is 1. The van der Waals surface area contributed by atoms with Gasteiger partial charge < -0.3 is 9.67 Å². The van der Waals surface area contributed by atoms with Crippen molar-refractivity contribution in [3.63, 3.8) is 0 Å². The van der Waals surface area contributed by atoms with Gasteiger partial charge >= 0.3 is 0 Å². The molecule has 1 aliphatic carbocycles. The summed E-state index contributed by atoms with van der Waals surface area (Å²) in [5.41, 5.74) is 6.44. The van der Waals surface area contributed by atoms with Crippen LogP contribution in [0, 0.1) is 0 Å². The average Bonchev–Trinajstić information content (AvgIpc) is 3.55. The van der Waals surface area contributed by atoms with Gasteiger partial charge in [0.15, 0.2) is 5.15 Å². The van der Waals surface area contributed by atoms with Crippen molar-refractivity contribution in [2.45, 2.75) is 51.7 Å². The van der Waals surface area contributed by atoms with Gasteiger partial charge in [0.2, 0.25) is 5.82 Å². The van der Waals surface area contributed by atoms with E-state index in [0.717, 1.165) is 54.6 Å². The molecular formula is C24H25ClN6O. The molecule has 0 saturated heterocycles. The average molecular weight is 449 g/mol. The Balaban J connectivity index is 1.54. The van der Waals surface area contributed by atoms with Crippen LogP contribution in [0.25, 0.3) is 22.5 Å². The van der Waals surface area contributed by atoms with E-state index in [1.54, 1.807) is 0 Å². The Kier molecular flexibility index (Phi) is 5.76. The SMILES string of the molecule is CCCCc1nc(Cl)c(CO)n1C1CCc2cc(-c3ccccc3-c3nn[nH]n3)ccc21. The van der Waals surface area contributed by atoms with E-state index in [2.05, 4.69) is 61.4 Å². The number of unbranched alkanes of at least 4 members (excludes halogenated alkanes) is 1. The van der Waals surface area contributed by atoms with Gasteiger partial charge in [-0.05, 0) is 46.7 Å². The number of hydrogen-bond acceptors (Lipinski definition) is 5. The van der Waals surface area contributed by atoms with Gasteiger partial charge in [-0.15, -0.1) is 10.2 Å². The summed E-state index contributed by atoms with van der Waals surface area (Å²) in [5.74, 6) is 1.55. The van der Waals surface area contributed by atoms with Gasteiger partial charge in [-0.25, -0.2) is 4.98 Å². The molecule has 8 heteroatoms. The lowest BCUT2D eigenvalue weighted by atomic mass is 9.95. The minimum Gasteiger partial charge on any atom is -0.390 e. The number of halogens is 1. The largest absolute Gasteiger partial charge is 0.390 e. The normalized spacial score (nSPS) is 15.3. The van der Waals surface area contributed by atoms with Crippen molar-refractivity contribution in [3.8, 4) is 22.5 Å². The number of aromatic amines is 1. The maximum absolute atomic E-state index is 10.00. The van der Waals surface area contributed by atoms with Gasteiger partial charge in [0, 0.05) is 12.0 Å². The maximum Gasteiger partial charge on any atom is 0.205 e. The lowest BCUT2D eigenvalue weighted by Crippen LogP contribution is -2.14. The molecule has 0 amide bonds. The van der Waals surface area contributed by atoms with E-state index in [1.807, 2.05) is 18.2 Å². The first-order valence-corrected chi connectivity index (χ1v) is 11.4. The first-order chi connectivity index (χ1) is 15.7. The molecule has 0 radical (unpaired) electrons. The molecule has 1 aliphatic rings. The number of aryl methyl sites for hydroxylation is 2. The van der Waals surface area contributed by atoms with Crippen LogP contribution in [0.5, 0.6) is 0 Å². The van der Waals surface area contributed by atoms with Crippen molar-refractivity contribution < 1.29 is 5.11 Å². The Morgan fingerprint density at radius 1 is 1.19 bits per heavy atom. The van der Waals surface area contributed by atoms with Crippen LogP contribution in [0.1, 0.15) is 54.9 Å². The zero-order chi connectivity index (χ0) is 22.1. The van der Waals surface area contributed by atoms with E-state index >= 15 is 0 Å². The van der Waals surface area contributed by atoms with Gasteiger partial charge in [-0.3, -0.25) is 0 Å². The third-order valence-electron chi connectivity index (χ3n) is 6.26. The Bertz CT molecular complexity index is 1230. The summed E-state index contributed by atoms with van der Waals surface area (Å²) in [7, 11) is 0. The highest BCUT2D eigenvalue weighted by Gasteiger charge is 2.29. The van der Waals surface area contributed by atoms with Crippen molar-refractivity contribution in [2.75, 3.05) is 0 Å². The van der Waals surface area contributed by atoms with E-state index in [4.69, 9.17) is 11.6 Å². The van der Waals surface area contributed by atoms with Crippen molar-refractivity contribution >= 4 is 11.6 Å². The number of aromatic nitrogens is 6. The summed E-state index contributed by atoms with van der Waals surface area (Å²) in [5, 5.41) is 25.0. The number of nitrogens with zero attached hydrogens (tertiary/aromatic N) is 5. The fourth-order valence-corrected chi connectivity index (χ4v) is 4.99. The minimum atomic E-state index is -0.111. The number of aliphatic hydroxyl groups excluding tert-OH is 1. The maximum atomic E-state index is 10.00. The second-order valence-corrected chi connectivity index (χ2v) is 8.50. The number of benzene rings is 2. The third kappa shape index (κ3) is 3.61. The number of nitrogens with one attached hydrogen (secondary N) is 1. The molecule has 0 spiro atoms. The molecule has 1 unspecified atom stereocenters. The molecule has 164 valence electrons. The molecule has 32 heavy (non-hydrogen) atoms. The zero-order valence-corrected chi connectivity index (χ0v) is 18.7. The number of rotatable bonds is 7. The topological polar surface area (TPSA) is 92.5 Å². The van der Waals surface area contributed by atoms with Crippen LogP contribution in [0.3, 0.4) is 0 Å². The van der Waals surface area contributed by atoms with E-state index in [-0.39, 0.29) is 12.6 Å². The Labute approximate surface area is 191 Å². The van der Waals surface area contributed by atoms with Crippen LogP contribution in [0.2, 0.25) is 5.15 Å². The molecule has 2 N–H and O–H groups in total. The molecule has 4 aromatic rings. The quantitative estimate of drug-likeness (QED) is 0.425. The number of hydrogen-bond donors (Lipinski definition) is 2. The molecule has 2 aromatic carbocycles. The lowest BCUT2D eigenvalue weighted by molar-refractivity contribution is 0.267. The summed E-state index contributed by atoms with van der Waals surface area (Å²) < 4.78 is 2.18. The highest BCUT2D eigenvalue weighted by atomic mass is 35.5. The Morgan fingerprint density at radius 3 is 2.78 bits per heavy atom. The highest BCUT2D eigenvalue weighted by Crippen LogP contribution is 2.40. The Hall–Kier alpha value is -3.03. The van der Waals surface area contributed by atoms with Crippen LogP contribution in [-0.2, 0) is 19.4 Å². The fourth-order valence-electron chi connectivity index (χ4n) is 4.74. The van der Waals surface area contributed by atoms with Gasteiger partial charge in [0.25, 0.3) is 0 Å². The number of H-pyrrole nitrogens is 1. The van der Waals surface area contributed by atoms with E-state index < -0.39 is 0 Å². The standard InChI is InChI=1S/C24H25ClN6O/c1-2-3-8-22-26-23(25)21(14-32)31(22)20-12-10-16-13-15(9-11-18(16)20)17-6-4-5-7-19(17)24-27-29-30-28-24/h4-7,9,11,13,20,32H,2-3,8,10,12,14H2,1H3,(H,27,28,29,30). The summed E-state index contributed by atoms with van der Waals surface area (Å²) in [6, 6.07) is 14.9. The van der Waals surface area contributed by atoms with Crippen molar-refractivity contribution in [1.82, 2.24) is 30.2 Å². The monoisotopic (exact) mass is 448 g/mol. The molecule has 0 bridgehead atoms. The van der Waals surface area contributed by atoms with Crippen LogP contribution < -0.4 is 0 Å². The van der Waals surface area contributed by atoms with E-state index in [1.165, 1.54) is 11.1 Å². The van der Waals surface area contributed by atoms with Crippen LogP contribution in [-0.4, -0.2) is 35.3 Å².